The second-order valence-corrected chi connectivity index (χ2v) is 7.21. The van der Waals surface area contributed by atoms with Crippen molar-refractivity contribution in [2.24, 2.45) is 5.92 Å². The van der Waals surface area contributed by atoms with Crippen molar-refractivity contribution in [3.63, 3.8) is 0 Å². The molecule has 1 aliphatic heterocycles. The van der Waals surface area contributed by atoms with Gasteiger partial charge in [-0.2, -0.15) is 0 Å². The van der Waals surface area contributed by atoms with E-state index in [1.807, 2.05) is 12.1 Å². The molecule has 0 spiro atoms. The summed E-state index contributed by atoms with van der Waals surface area (Å²) in [6.45, 7) is 4.94. The van der Waals surface area contributed by atoms with Crippen LogP contribution in [0.2, 0.25) is 0 Å². The number of hydrogen-bond acceptors (Lipinski definition) is 4. The zero-order valence-corrected chi connectivity index (χ0v) is 14.6. The van der Waals surface area contributed by atoms with Crippen LogP contribution in [0.15, 0.2) is 24.5 Å². The third-order valence-electron chi connectivity index (χ3n) is 3.88. The highest BCUT2D eigenvalue weighted by atomic mass is 32.2. The van der Waals surface area contributed by atoms with Crippen LogP contribution in [0.4, 0.5) is 0 Å². The van der Waals surface area contributed by atoms with Crippen molar-refractivity contribution in [3.8, 4) is 0 Å². The lowest BCUT2D eigenvalue weighted by molar-refractivity contribution is -0.138. The predicted molar refractivity (Wildman–Crippen MR) is 93.0 cm³/mol. The Balaban J connectivity index is 1.82. The number of nitrogens with one attached hydrogen (secondary N) is 1. The first-order chi connectivity index (χ1) is 11.1. The van der Waals surface area contributed by atoms with E-state index < -0.39 is 0 Å². The molecule has 1 aliphatic rings. The van der Waals surface area contributed by atoms with E-state index in [4.69, 9.17) is 0 Å². The Morgan fingerprint density at radius 1 is 1.48 bits per heavy atom. The molecule has 5 nitrogen and oxygen atoms in total. The van der Waals surface area contributed by atoms with Gasteiger partial charge in [-0.15, -0.1) is 11.8 Å². The van der Waals surface area contributed by atoms with Crippen LogP contribution in [-0.2, 0) is 16.0 Å². The van der Waals surface area contributed by atoms with Gasteiger partial charge in [-0.3, -0.25) is 14.6 Å². The summed E-state index contributed by atoms with van der Waals surface area (Å²) in [6.07, 6.45) is 5.54. The first-order valence-corrected chi connectivity index (χ1v) is 9.27. The summed E-state index contributed by atoms with van der Waals surface area (Å²) in [5.74, 6) is 1.87. The fourth-order valence-electron chi connectivity index (χ4n) is 2.45. The van der Waals surface area contributed by atoms with Crippen LogP contribution in [-0.4, -0.2) is 45.9 Å². The quantitative estimate of drug-likeness (QED) is 0.829. The SMILES string of the molecule is CC(C)CCNC(=O)[C@@H]1CSCN1C(=O)CCc1cccnc1. The molecule has 1 aromatic rings. The molecule has 0 bridgehead atoms. The van der Waals surface area contributed by atoms with E-state index in [9.17, 15) is 9.59 Å². The number of pyridine rings is 1. The molecule has 23 heavy (non-hydrogen) atoms. The van der Waals surface area contributed by atoms with E-state index in [1.54, 1.807) is 29.1 Å². The third-order valence-corrected chi connectivity index (χ3v) is 4.89. The zero-order valence-electron chi connectivity index (χ0n) is 13.8. The number of rotatable bonds is 7. The molecule has 2 heterocycles. The lowest BCUT2D eigenvalue weighted by atomic mass is 10.1. The van der Waals surface area contributed by atoms with Crippen LogP contribution < -0.4 is 5.32 Å². The Labute approximate surface area is 142 Å². The summed E-state index contributed by atoms with van der Waals surface area (Å²) in [5.41, 5.74) is 1.05. The average molecular weight is 335 g/mol. The van der Waals surface area contributed by atoms with Gasteiger partial charge in [0.2, 0.25) is 11.8 Å². The van der Waals surface area contributed by atoms with Crippen LogP contribution in [0.1, 0.15) is 32.3 Å². The summed E-state index contributed by atoms with van der Waals surface area (Å²) in [4.78, 5) is 30.5. The van der Waals surface area contributed by atoms with Gasteiger partial charge in [-0.05, 0) is 30.4 Å². The van der Waals surface area contributed by atoms with Crippen LogP contribution in [0.5, 0.6) is 0 Å². The molecule has 1 N–H and O–H groups in total. The Morgan fingerprint density at radius 2 is 2.30 bits per heavy atom. The molecule has 2 rings (SSSR count). The third kappa shape index (κ3) is 5.53. The number of aryl methyl sites for hydroxylation is 1. The van der Waals surface area contributed by atoms with Crippen molar-refractivity contribution in [2.45, 2.75) is 39.2 Å². The lowest BCUT2D eigenvalue weighted by Crippen LogP contribution is -2.47. The minimum atomic E-state index is -0.325. The zero-order chi connectivity index (χ0) is 16.7. The molecular formula is C17H25N3O2S. The van der Waals surface area contributed by atoms with Gasteiger partial charge in [0, 0.05) is 31.1 Å². The molecule has 1 fully saturated rings. The molecule has 0 aromatic carbocycles. The number of carbonyl (C=O) groups excluding carboxylic acids is 2. The highest BCUT2D eigenvalue weighted by molar-refractivity contribution is 7.99. The molecule has 1 atom stereocenters. The van der Waals surface area contributed by atoms with Gasteiger partial charge >= 0.3 is 0 Å². The molecule has 1 saturated heterocycles. The molecule has 0 radical (unpaired) electrons. The topological polar surface area (TPSA) is 62.3 Å². The van der Waals surface area contributed by atoms with Gasteiger partial charge in [0.25, 0.3) is 0 Å². The summed E-state index contributed by atoms with van der Waals surface area (Å²) in [7, 11) is 0. The fraction of sp³-hybridized carbons (Fsp3) is 0.588. The molecule has 0 saturated carbocycles. The normalized spacial score (nSPS) is 17.5. The van der Waals surface area contributed by atoms with E-state index in [1.165, 1.54) is 0 Å². The average Bonchev–Trinajstić information content (AvgIpc) is 3.03. The van der Waals surface area contributed by atoms with Gasteiger partial charge < -0.3 is 10.2 Å². The fourth-order valence-corrected chi connectivity index (χ4v) is 3.63. The Kier molecular flexibility index (Phi) is 6.89. The number of amides is 2. The number of hydrogen-bond donors (Lipinski definition) is 1. The van der Waals surface area contributed by atoms with Gasteiger partial charge in [-0.25, -0.2) is 0 Å². The summed E-state index contributed by atoms with van der Waals surface area (Å²) in [6, 6.07) is 3.51. The van der Waals surface area contributed by atoms with E-state index in [-0.39, 0.29) is 17.9 Å². The first-order valence-electron chi connectivity index (χ1n) is 8.11. The van der Waals surface area contributed by atoms with Crippen molar-refractivity contribution < 1.29 is 9.59 Å². The summed E-state index contributed by atoms with van der Waals surface area (Å²) in [5, 5.41) is 2.96. The van der Waals surface area contributed by atoms with Gasteiger partial charge in [0.15, 0.2) is 0 Å². The second-order valence-electron chi connectivity index (χ2n) is 6.21. The van der Waals surface area contributed by atoms with Gasteiger partial charge in [0.1, 0.15) is 6.04 Å². The first kappa shape index (κ1) is 17.8. The Bertz CT molecular complexity index is 522. The largest absolute Gasteiger partial charge is 0.354 e. The molecular weight excluding hydrogens is 310 g/mol. The minimum Gasteiger partial charge on any atom is -0.354 e. The minimum absolute atomic E-state index is 0.0228. The van der Waals surface area contributed by atoms with Crippen LogP contribution in [0.25, 0.3) is 0 Å². The van der Waals surface area contributed by atoms with E-state index in [0.29, 0.717) is 36.9 Å². The summed E-state index contributed by atoms with van der Waals surface area (Å²) < 4.78 is 0. The lowest BCUT2D eigenvalue weighted by Gasteiger charge is -2.23. The van der Waals surface area contributed by atoms with Crippen LogP contribution >= 0.6 is 11.8 Å². The molecule has 126 valence electrons. The monoisotopic (exact) mass is 335 g/mol. The van der Waals surface area contributed by atoms with Crippen molar-refractivity contribution in [3.05, 3.63) is 30.1 Å². The Hall–Kier alpha value is -1.56. The van der Waals surface area contributed by atoms with Gasteiger partial charge in [-0.1, -0.05) is 19.9 Å². The maximum atomic E-state index is 12.4. The molecule has 2 amide bonds. The maximum Gasteiger partial charge on any atom is 0.243 e. The molecule has 0 unspecified atom stereocenters. The number of aromatic nitrogens is 1. The highest BCUT2D eigenvalue weighted by Gasteiger charge is 2.34. The highest BCUT2D eigenvalue weighted by Crippen LogP contribution is 2.22. The molecule has 6 heteroatoms. The van der Waals surface area contributed by atoms with E-state index in [0.717, 1.165) is 12.0 Å². The number of nitrogens with zero attached hydrogens (tertiary/aromatic N) is 2. The predicted octanol–water partition coefficient (Wildman–Crippen LogP) is 2.08. The van der Waals surface area contributed by atoms with E-state index in [2.05, 4.69) is 24.1 Å². The van der Waals surface area contributed by atoms with Crippen LogP contribution in [0, 0.1) is 5.92 Å². The summed E-state index contributed by atoms with van der Waals surface area (Å²) >= 11 is 1.64. The standard InChI is InChI=1S/C17H25N3O2S/c1-13(2)7-9-19-17(22)15-11-23-12-20(15)16(21)6-5-14-4-3-8-18-10-14/h3-4,8,10,13,15H,5-7,9,11-12H2,1-2H3,(H,19,22)/t15-/m0/s1. The van der Waals surface area contributed by atoms with E-state index >= 15 is 0 Å². The van der Waals surface area contributed by atoms with Crippen molar-refractivity contribution in [2.75, 3.05) is 18.2 Å². The molecule has 1 aromatic heterocycles. The van der Waals surface area contributed by atoms with Crippen LogP contribution in [0.3, 0.4) is 0 Å². The number of thioether (sulfide) groups is 1. The van der Waals surface area contributed by atoms with Crippen molar-refractivity contribution in [1.29, 1.82) is 0 Å². The maximum absolute atomic E-state index is 12.4. The Morgan fingerprint density at radius 3 is 3.00 bits per heavy atom. The second kappa shape index (κ2) is 8.91. The van der Waals surface area contributed by atoms with Crippen molar-refractivity contribution >= 4 is 23.6 Å². The smallest absolute Gasteiger partial charge is 0.243 e. The van der Waals surface area contributed by atoms with Crippen molar-refractivity contribution in [1.82, 2.24) is 15.2 Å². The molecule has 0 aliphatic carbocycles. The number of carbonyl (C=O) groups is 2. The van der Waals surface area contributed by atoms with Gasteiger partial charge in [0.05, 0.1) is 5.88 Å².